The van der Waals surface area contributed by atoms with Gasteiger partial charge in [0, 0.05) is 11.7 Å². The third kappa shape index (κ3) is 4.15. The number of nitrogens with zero attached hydrogens (tertiary/aromatic N) is 1. The van der Waals surface area contributed by atoms with Gasteiger partial charge in [-0.15, -0.1) is 0 Å². The van der Waals surface area contributed by atoms with Gasteiger partial charge in [0.05, 0.1) is 13.1 Å². The molecule has 1 fully saturated rings. The molecular formula is C19H20FN3O2. The lowest BCUT2D eigenvalue weighted by atomic mass is 10.1. The number of nitrogens with one attached hydrogen (secondary N) is 2. The van der Waals surface area contributed by atoms with Crippen LogP contribution in [0.25, 0.3) is 0 Å². The molecule has 1 atom stereocenters. The van der Waals surface area contributed by atoms with E-state index < -0.39 is 0 Å². The predicted molar refractivity (Wildman–Crippen MR) is 93.6 cm³/mol. The molecule has 0 aliphatic carbocycles. The lowest BCUT2D eigenvalue weighted by Crippen LogP contribution is -2.30. The van der Waals surface area contributed by atoms with Crippen LogP contribution in [-0.4, -0.2) is 29.4 Å². The standard InChI is InChI=1S/C19H20FN3O2/c1-13(9-15-6-2-3-8-17(15)20)22-16-7-4-5-14(10-16)12-23-18(24)11-21-19(23)25/h2-8,10,13,22H,9,11-12H2,1H3,(H,21,25)/t13-/m0/s1. The summed E-state index contributed by atoms with van der Waals surface area (Å²) in [6.07, 6.45) is 0.559. The van der Waals surface area contributed by atoms with Crippen LogP contribution in [0.15, 0.2) is 48.5 Å². The molecule has 2 aromatic rings. The summed E-state index contributed by atoms with van der Waals surface area (Å²) in [5.74, 6) is -0.431. The van der Waals surface area contributed by atoms with E-state index in [4.69, 9.17) is 0 Å². The van der Waals surface area contributed by atoms with E-state index in [9.17, 15) is 14.0 Å². The summed E-state index contributed by atoms with van der Waals surface area (Å²) in [6.45, 7) is 2.27. The minimum absolute atomic E-state index is 0.0314. The fraction of sp³-hybridized carbons (Fsp3) is 0.263. The summed E-state index contributed by atoms with van der Waals surface area (Å²) in [4.78, 5) is 24.5. The molecule has 1 heterocycles. The van der Waals surface area contributed by atoms with E-state index in [1.54, 1.807) is 12.1 Å². The van der Waals surface area contributed by atoms with Crippen LogP contribution in [-0.2, 0) is 17.8 Å². The molecule has 3 rings (SSSR count). The summed E-state index contributed by atoms with van der Waals surface area (Å²) >= 11 is 0. The van der Waals surface area contributed by atoms with E-state index >= 15 is 0 Å². The van der Waals surface area contributed by atoms with Crippen molar-refractivity contribution in [1.29, 1.82) is 0 Å². The topological polar surface area (TPSA) is 61.4 Å². The van der Waals surface area contributed by atoms with Gasteiger partial charge in [-0.05, 0) is 42.7 Å². The first-order chi connectivity index (χ1) is 12.0. The molecule has 1 saturated heterocycles. The third-order valence-electron chi connectivity index (χ3n) is 4.10. The van der Waals surface area contributed by atoms with E-state index in [0.717, 1.165) is 11.3 Å². The molecule has 0 unspecified atom stereocenters. The van der Waals surface area contributed by atoms with E-state index in [-0.39, 0.29) is 36.9 Å². The quantitative estimate of drug-likeness (QED) is 0.794. The van der Waals surface area contributed by atoms with Crippen LogP contribution < -0.4 is 10.6 Å². The van der Waals surface area contributed by atoms with Gasteiger partial charge in [0.15, 0.2) is 0 Å². The molecule has 2 aromatic carbocycles. The second-order valence-corrected chi connectivity index (χ2v) is 6.18. The first kappa shape index (κ1) is 17.0. The predicted octanol–water partition coefficient (Wildman–Crippen LogP) is 2.92. The first-order valence-electron chi connectivity index (χ1n) is 8.20. The van der Waals surface area contributed by atoms with Crippen molar-refractivity contribution in [3.63, 3.8) is 0 Å². The normalized spacial score (nSPS) is 15.2. The zero-order chi connectivity index (χ0) is 17.8. The Kier molecular flexibility index (Phi) is 4.97. The maximum absolute atomic E-state index is 13.8. The van der Waals surface area contributed by atoms with Gasteiger partial charge in [-0.3, -0.25) is 9.69 Å². The summed E-state index contributed by atoms with van der Waals surface area (Å²) in [6, 6.07) is 13.9. The number of anilines is 1. The molecule has 0 spiro atoms. The summed E-state index contributed by atoms with van der Waals surface area (Å²) in [5, 5.41) is 5.84. The summed E-state index contributed by atoms with van der Waals surface area (Å²) < 4.78 is 13.8. The molecule has 2 N–H and O–H groups in total. The molecule has 3 amide bonds. The number of urea groups is 1. The molecule has 0 radical (unpaired) electrons. The Morgan fingerprint density at radius 1 is 1.20 bits per heavy atom. The Morgan fingerprint density at radius 3 is 2.72 bits per heavy atom. The van der Waals surface area contributed by atoms with Crippen LogP contribution in [0.5, 0.6) is 0 Å². The number of rotatable bonds is 6. The highest BCUT2D eigenvalue weighted by Gasteiger charge is 2.28. The summed E-state index contributed by atoms with van der Waals surface area (Å²) in [7, 11) is 0. The number of hydrogen-bond acceptors (Lipinski definition) is 3. The van der Waals surface area contributed by atoms with Gasteiger partial charge in [-0.25, -0.2) is 9.18 Å². The zero-order valence-corrected chi connectivity index (χ0v) is 14.0. The molecule has 25 heavy (non-hydrogen) atoms. The highest BCUT2D eigenvalue weighted by Crippen LogP contribution is 2.17. The fourth-order valence-electron chi connectivity index (χ4n) is 2.89. The number of hydrogen-bond donors (Lipinski definition) is 2. The second-order valence-electron chi connectivity index (χ2n) is 6.18. The van der Waals surface area contributed by atoms with E-state index in [2.05, 4.69) is 10.6 Å². The van der Waals surface area contributed by atoms with Crippen LogP contribution in [0.2, 0.25) is 0 Å². The van der Waals surface area contributed by atoms with Gasteiger partial charge in [0.2, 0.25) is 5.91 Å². The second kappa shape index (κ2) is 7.34. The van der Waals surface area contributed by atoms with E-state index in [0.29, 0.717) is 12.0 Å². The molecule has 130 valence electrons. The molecule has 0 aromatic heterocycles. The van der Waals surface area contributed by atoms with Crippen LogP contribution in [0.1, 0.15) is 18.1 Å². The van der Waals surface area contributed by atoms with Gasteiger partial charge in [0.1, 0.15) is 5.82 Å². The molecule has 1 aliphatic rings. The SMILES string of the molecule is C[C@@H](Cc1ccccc1F)Nc1cccc(CN2C(=O)CNC2=O)c1. The van der Waals surface area contributed by atoms with Crippen molar-refractivity contribution in [3.8, 4) is 0 Å². The monoisotopic (exact) mass is 341 g/mol. The molecule has 0 saturated carbocycles. The number of halogens is 1. The Morgan fingerprint density at radius 2 is 2.00 bits per heavy atom. The Labute approximate surface area is 145 Å². The molecule has 6 heteroatoms. The number of benzene rings is 2. The Balaban J connectivity index is 1.64. The van der Waals surface area contributed by atoms with Gasteiger partial charge < -0.3 is 10.6 Å². The minimum atomic E-state index is -0.365. The lowest BCUT2D eigenvalue weighted by Gasteiger charge is -2.17. The van der Waals surface area contributed by atoms with Crippen molar-refractivity contribution in [1.82, 2.24) is 10.2 Å². The maximum atomic E-state index is 13.8. The van der Waals surface area contributed by atoms with Gasteiger partial charge >= 0.3 is 6.03 Å². The van der Waals surface area contributed by atoms with Crippen LogP contribution >= 0.6 is 0 Å². The van der Waals surface area contributed by atoms with Crippen molar-refractivity contribution in [2.75, 3.05) is 11.9 Å². The Hall–Kier alpha value is -2.89. The van der Waals surface area contributed by atoms with Crippen LogP contribution in [0.4, 0.5) is 14.9 Å². The van der Waals surface area contributed by atoms with Gasteiger partial charge in [-0.2, -0.15) is 0 Å². The zero-order valence-electron chi connectivity index (χ0n) is 14.0. The Bertz CT molecular complexity index is 778. The van der Waals surface area contributed by atoms with Crippen LogP contribution in [0, 0.1) is 5.82 Å². The third-order valence-corrected chi connectivity index (χ3v) is 4.10. The maximum Gasteiger partial charge on any atom is 0.324 e. The highest BCUT2D eigenvalue weighted by molar-refractivity contribution is 6.01. The largest absolute Gasteiger partial charge is 0.382 e. The van der Waals surface area contributed by atoms with Crippen molar-refractivity contribution in [2.24, 2.45) is 0 Å². The average molecular weight is 341 g/mol. The summed E-state index contributed by atoms with van der Waals surface area (Å²) in [5.41, 5.74) is 2.39. The van der Waals surface area contributed by atoms with Crippen molar-refractivity contribution in [2.45, 2.75) is 25.9 Å². The molecule has 0 bridgehead atoms. The fourth-order valence-corrected chi connectivity index (χ4v) is 2.89. The molecule has 5 nitrogen and oxygen atoms in total. The van der Waals surface area contributed by atoms with Crippen molar-refractivity contribution < 1.29 is 14.0 Å². The number of amides is 3. The lowest BCUT2D eigenvalue weighted by molar-refractivity contribution is -0.125. The number of carbonyl (C=O) groups is 2. The molecule has 1 aliphatic heterocycles. The first-order valence-corrected chi connectivity index (χ1v) is 8.20. The van der Waals surface area contributed by atoms with E-state index in [1.165, 1.54) is 11.0 Å². The van der Waals surface area contributed by atoms with E-state index in [1.807, 2.05) is 37.3 Å². The van der Waals surface area contributed by atoms with Gasteiger partial charge in [-0.1, -0.05) is 30.3 Å². The smallest absolute Gasteiger partial charge is 0.324 e. The van der Waals surface area contributed by atoms with Crippen LogP contribution in [0.3, 0.4) is 0 Å². The molecular weight excluding hydrogens is 321 g/mol. The number of carbonyl (C=O) groups excluding carboxylic acids is 2. The highest BCUT2D eigenvalue weighted by atomic mass is 19.1. The average Bonchev–Trinajstić information content (AvgIpc) is 2.89. The van der Waals surface area contributed by atoms with Gasteiger partial charge in [0.25, 0.3) is 0 Å². The van der Waals surface area contributed by atoms with Crippen molar-refractivity contribution >= 4 is 17.6 Å². The number of imide groups is 1. The van der Waals surface area contributed by atoms with Crippen molar-refractivity contribution in [3.05, 3.63) is 65.5 Å². The minimum Gasteiger partial charge on any atom is -0.382 e.